The molecule has 2 nitrogen and oxygen atoms in total. The minimum absolute atomic E-state index is 0.754. The van der Waals surface area contributed by atoms with Crippen LogP contribution in [0.25, 0.3) is 0 Å². The Balaban J connectivity index is 1.61. The first-order chi connectivity index (χ1) is 7.92. The van der Waals surface area contributed by atoms with Crippen molar-refractivity contribution in [1.82, 2.24) is 5.32 Å². The summed E-state index contributed by atoms with van der Waals surface area (Å²) >= 11 is 0. The maximum Gasteiger partial charge on any atom is 0.122 e. The molecule has 1 aliphatic carbocycles. The Morgan fingerprint density at radius 2 is 2.12 bits per heavy atom. The van der Waals surface area contributed by atoms with Gasteiger partial charge in [0.05, 0.1) is 6.61 Å². The Morgan fingerprint density at radius 1 is 1.25 bits per heavy atom. The van der Waals surface area contributed by atoms with E-state index in [4.69, 9.17) is 4.74 Å². The van der Waals surface area contributed by atoms with Crippen molar-refractivity contribution < 1.29 is 4.74 Å². The number of benzene rings is 1. The molecule has 1 aromatic carbocycles. The quantitative estimate of drug-likeness (QED) is 0.840. The fourth-order valence-electron chi connectivity index (χ4n) is 2.74. The molecule has 1 aromatic rings. The molecule has 0 atom stereocenters. The smallest absolute Gasteiger partial charge is 0.122 e. The van der Waals surface area contributed by atoms with Gasteiger partial charge in [-0.15, -0.1) is 0 Å². The summed E-state index contributed by atoms with van der Waals surface area (Å²) in [6, 6.07) is 7.36. The predicted molar refractivity (Wildman–Crippen MR) is 64.7 cm³/mol. The van der Waals surface area contributed by atoms with Gasteiger partial charge in [0.15, 0.2) is 0 Å². The SMILES string of the molecule is c1cc2c(cc1CNC1CCCC1)CCO2. The molecule has 2 aliphatic rings. The molecule has 2 heteroatoms. The molecule has 0 saturated heterocycles. The number of ether oxygens (including phenoxy) is 1. The number of hydrogen-bond donors (Lipinski definition) is 1. The first kappa shape index (κ1) is 10.2. The van der Waals surface area contributed by atoms with Gasteiger partial charge in [-0.05, 0) is 30.0 Å². The standard InChI is InChI=1S/C14H19NO/c1-2-4-13(3-1)15-10-11-5-6-14-12(9-11)7-8-16-14/h5-6,9,13,15H,1-4,7-8,10H2. The van der Waals surface area contributed by atoms with Gasteiger partial charge in [-0.2, -0.15) is 0 Å². The van der Waals surface area contributed by atoms with Crippen molar-refractivity contribution >= 4 is 0 Å². The van der Waals surface area contributed by atoms with Crippen LogP contribution in [0.15, 0.2) is 18.2 Å². The summed E-state index contributed by atoms with van der Waals surface area (Å²) in [5, 5.41) is 3.65. The maximum absolute atomic E-state index is 5.51. The van der Waals surface area contributed by atoms with Crippen LogP contribution in [0.4, 0.5) is 0 Å². The topological polar surface area (TPSA) is 21.3 Å². The highest BCUT2D eigenvalue weighted by atomic mass is 16.5. The Hall–Kier alpha value is -1.02. The molecule has 1 saturated carbocycles. The Morgan fingerprint density at radius 3 is 3.00 bits per heavy atom. The maximum atomic E-state index is 5.51. The van der Waals surface area contributed by atoms with Gasteiger partial charge < -0.3 is 10.1 Å². The lowest BCUT2D eigenvalue weighted by Gasteiger charge is -2.12. The lowest BCUT2D eigenvalue weighted by atomic mass is 10.1. The fraction of sp³-hybridized carbons (Fsp3) is 0.571. The van der Waals surface area contributed by atoms with Gasteiger partial charge in [-0.25, -0.2) is 0 Å². The number of nitrogens with one attached hydrogen (secondary N) is 1. The van der Waals surface area contributed by atoms with Gasteiger partial charge in [0.2, 0.25) is 0 Å². The first-order valence-corrected chi connectivity index (χ1v) is 6.40. The Bertz CT molecular complexity index is 369. The molecule has 0 radical (unpaired) electrons. The van der Waals surface area contributed by atoms with Gasteiger partial charge >= 0.3 is 0 Å². The molecule has 1 N–H and O–H groups in total. The summed E-state index contributed by atoms with van der Waals surface area (Å²) in [5.41, 5.74) is 2.78. The summed E-state index contributed by atoms with van der Waals surface area (Å²) in [6.45, 7) is 1.87. The van der Waals surface area contributed by atoms with E-state index >= 15 is 0 Å². The largest absolute Gasteiger partial charge is 0.493 e. The lowest BCUT2D eigenvalue weighted by Crippen LogP contribution is -2.25. The molecule has 0 aromatic heterocycles. The van der Waals surface area contributed by atoms with Gasteiger partial charge in [0.1, 0.15) is 5.75 Å². The summed E-state index contributed by atoms with van der Waals surface area (Å²) < 4.78 is 5.51. The molecular formula is C14H19NO. The van der Waals surface area contributed by atoms with Gasteiger partial charge in [0, 0.05) is 19.0 Å². The van der Waals surface area contributed by atoms with Crippen molar-refractivity contribution in [3.63, 3.8) is 0 Å². The second-order valence-electron chi connectivity index (χ2n) is 4.90. The van der Waals surface area contributed by atoms with Crippen LogP contribution in [0, 0.1) is 0 Å². The monoisotopic (exact) mass is 217 g/mol. The predicted octanol–water partition coefficient (Wildman–Crippen LogP) is 2.65. The molecule has 3 rings (SSSR count). The zero-order chi connectivity index (χ0) is 10.8. The fourth-order valence-corrected chi connectivity index (χ4v) is 2.74. The van der Waals surface area contributed by atoms with E-state index in [1.54, 1.807) is 0 Å². The van der Waals surface area contributed by atoms with E-state index in [0.29, 0.717) is 0 Å². The third-order valence-corrected chi connectivity index (χ3v) is 3.70. The number of hydrogen-bond acceptors (Lipinski definition) is 2. The van der Waals surface area contributed by atoms with Crippen LogP contribution in [-0.4, -0.2) is 12.6 Å². The second kappa shape index (κ2) is 4.46. The van der Waals surface area contributed by atoms with Crippen molar-refractivity contribution in [2.24, 2.45) is 0 Å². The summed E-state index contributed by atoms with van der Waals surface area (Å²) in [4.78, 5) is 0. The van der Waals surface area contributed by atoms with Crippen LogP contribution in [-0.2, 0) is 13.0 Å². The molecular weight excluding hydrogens is 198 g/mol. The molecule has 1 fully saturated rings. The van der Waals surface area contributed by atoms with Crippen molar-refractivity contribution in [2.45, 2.75) is 44.7 Å². The van der Waals surface area contributed by atoms with E-state index in [2.05, 4.69) is 23.5 Å². The van der Waals surface area contributed by atoms with Gasteiger partial charge in [-0.1, -0.05) is 25.0 Å². The summed E-state index contributed by atoms with van der Waals surface area (Å²) in [7, 11) is 0. The molecule has 86 valence electrons. The highest BCUT2D eigenvalue weighted by Gasteiger charge is 2.15. The third kappa shape index (κ3) is 2.07. The van der Waals surface area contributed by atoms with Gasteiger partial charge in [-0.3, -0.25) is 0 Å². The van der Waals surface area contributed by atoms with Crippen molar-refractivity contribution in [3.8, 4) is 5.75 Å². The number of fused-ring (bicyclic) bond motifs is 1. The normalized spacial score (nSPS) is 19.8. The van der Waals surface area contributed by atoms with Crippen LogP contribution >= 0.6 is 0 Å². The third-order valence-electron chi connectivity index (χ3n) is 3.70. The molecule has 16 heavy (non-hydrogen) atoms. The van der Waals surface area contributed by atoms with E-state index in [1.165, 1.54) is 36.8 Å². The van der Waals surface area contributed by atoms with Crippen molar-refractivity contribution in [2.75, 3.05) is 6.61 Å². The van der Waals surface area contributed by atoms with E-state index in [-0.39, 0.29) is 0 Å². The Kier molecular flexibility index (Phi) is 2.83. The molecule has 0 spiro atoms. The molecule has 1 heterocycles. The average molecular weight is 217 g/mol. The highest BCUT2D eigenvalue weighted by Crippen LogP contribution is 2.26. The highest BCUT2D eigenvalue weighted by molar-refractivity contribution is 5.39. The molecule has 0 unspecified atom stereocenters. The zero-order valence-corrected chi connectivity index (χ0v) is 9.67. The molecule has 1 aliphatic heterocycles. The van der Waals surface area contributed by atoms with E-state index < -0.39 is 0 Å². The van der Waals surface area contributed by atoms with E-state index in [1.807, 2.05) is 0 Å². The van der Waals surface area contributed by atoms with Crippen molar-refractivity contribution in [3.05, 3.63) is 29.3 Å². The van der Waals surface area contributed by atoms with E-state index in [0.717, 1.165) is 31.4 Å². The van der Waals surface area contributed by atoms with Crippen LogP contribution < -0.4 is 10.1 Å². The molecule has 0 bridgehead atoms. The second-order valence-corrected chi connectivity index (χ2v) is 4.90. The minimum Gasteiger partial charge on any atom is -0.493 e. The summed E-state index contributed by atoms with van der Waals surface area (Å²) in [5.74, 6) is 1.09. The van der Waals surface area contributed by atoms with Crippen LogP contribution in [0.1, 0.15) is 36.8 Å². The minimum atomic E-state index is 0.754. The summed E-state index contributed by atoms with van der Waals surface area (Å²) in [6.07, 6.45) is 6.58. The van der Waals surface area contributed by atoms with Crippen LogP contribution in [0.5, 0.6) is 5.75 Å². The van der Waals surface area contributed by atoms with Crippen LogP contribution in [0.2, 0.25) is 0 Å². The number of rotatable bonds is 3. The average Bonchev–Trinajstić information content (AvgIpc) is 2.97. The first-order valence-electron chi connectivity index (χ1n) is 6.40. The molecule has 0 amide bonds. The lowest BCUT2D eigenvalue weighted by molar-refractivity contribution is 0.357. The zero-order valence-electron chi connectivity index (χ0n) is 9.67. The Labute approximate surface area is 97.0 Å². The van der Waals surface area contributed by atoms with Gasteiger partial charge in [0.25, 0.3) is 0 Å². The van der Waals surface area contributed by atoms with Crippen LogP contribution in [0.3, 0.4) is 0 Å². The van der Waals surface area contributed by atoms with Crippen molar-refractivity contribution in [1.29, 1.82) is 0 Å². The van der Waals surface area contributed by atoms with E-state index in [9.17, 15) is 0 Å².